The Balaban J connectivity index is 0.00000176. The van der Waals surface area contributed by atoms with Gasteiger partial charge in [0.15, 0.2) is 0 Å². The fraction of sp³-hybridized carbons (Fsp3) is 0.154. The van der Waals surface area contributed by atoms with Gasteiger partial charge in [-0.05, 0) is 18.6 Å². The number of hydrogen-bond acceptors (Lipinski definition) is 5. The zero-order chi connectivity index (χ0) is 15.0. The van der Waals surface area contributed by atoms with Crippen molar-refractivity contribution in [3.63, 3.8) is 0 Å². The second-order valence-electron chi connectivity index (χ2n) is 4.59. The molecule has 3 heterocycles. The van der Waals surface area contributed by atoms with E-state index in [1.54, 1.807) is 25.4 Å². The second kappa shape index (κ2) is 5.94. The number of aromatic amines is 1. The van der Waals surface area contributed by atoms with Crippen molar-refractivity contribution in [2.45, 2.75) is 13.3 Å². The zero-order valence-corrected chi connectivity index (χ0v) is 12.3. The van der Waals surface area contributed by atoms with Gasteiger partial charge in [-0.25, -0.2) is 4.98 Å². The van der Waals surface area contributed by atoms with E-state index in [0.717, 1.165) is 16.3 Å². The summed E-state index contributed by atoms with van der Waals surface area (Å²) in [6.07, 6.45) is 4.86. The average molecular weight is 322 g/mol. The van der Waals surface area contributed by atoms with E-state index in [-0.39, 0.29) is 29.3 Å². The minimum Gasteiger partial charge on any atom is -0.290 e. The van der Waals surface area contributed by atoms with Gasteiger partial charge in [-0.3, -0.25) is 25.0 Å². The monoisotopic (exact) mass is 321 g/mol. The number of H-pyrrole nitrogens is 1. The number of hydrogen-bond donors (Lipinski definition) is 1. The zero-order valence-electron chi connectivity index (χ0n) is 11.5. The third-order valence-electron chi connectivity index (χ3n) is 3.24. The van der Waals surface area contributed by atoms with Crippen molar-refractivity contribution in [3.05, 3.63) is 68.0 Å². The summed E-state index contributed by atoms with van der Waals surface area (Å²) in [7, 11) is 0. The summed E-state index contributed by atoms with van der Waals surface area (Å²) in [5.74, 6) is 0. The first kappa shape index (κ1) is 15.6. The number of nitrogens with one attached hydrogen (secondary N) is 1. The van der Waals surface area contributed by atoms with Crippen LogP contribution in [0, 0.1) is 17.0 Å². The van der Waals surface area contributed by atoms with Crippen molar-refractivity contribution in [1.29, 1.82) is 0 Å². The van der Waals surface area contributed by atoms with Gasteiger partial charge in [-0.2, -0.15) is 4.52 Å². The van der Waals surface area contributed by atoms with Crippen molar-refractivity contribution in [3.8, 4) is 0 Å². The average Bonchev–Trinajstić information content (AvgIpc) is 2.88. The molecule has 8 nitrogen and oxygen atoms in total. The van der Waals surface area contributed by atoms with Crippen LogP contribution >= 0.6 is 12.4 Å². The molecule has 114 valence electrons. The molecule has 3 aromatic heterocycles. The Kier molecular flexibility index (Phi) is 4.22. The maximum atomic E-state index is 12.4. The molecule has 0 unspecified atom stereocenters. The van der Waals surface area contributed by atoms with Crippen molar-refractivity contribution >= 4 is 23.7 Å². The van der Waals surface area contributed by atoms with Gasteiger partial charge in [0.25, 0.3) is 5.56 Å². The summed E-state index contributed by atoms with van der Waals surface area (Å²) in [4.78, 5) is 31.0. The molecule has 1 N–H and O–H groups in total. The van der Waals surface area contributed by atoms with E-state index in [1.165, 1.54) is 0 Å². The molecule has 0 fully saturated rings. The summed E-state index contributed by atoms with van der Waals surface area (Å²) in [6.45, 7) is 1.67. The van der Waals surface area contributed by atoms with Crippen LogP contribution in [0.15, 0.2) is 35.5 Å². The molecule has 0 spiro atoms. The van der Waals surface area contributed by atoms with E-state index in [0.29, 0.717) is 17.7 Å². The van der Waals surface area contributed by atoms with Gasteiger partial charge in [0, 0.05) is 30.1 Å². The molecule has 0 atom stereocenters. The highest BCUT2D eigenvalue weighted by atomic mass is 35.5. The molecule has 0 bridgehead atoms. The van der Waals surface area contributed by atoms with E-state index in [1.807, 2.05) is 6.07 Å². The molecule has 22 heavy (non-hydrogen) atoms. The third-order valence-corrected chi connectivity index (χ3v) is 3.24. The number of nitrogens with zero attached hydrogens (tertiary/aromatic N) is 4. The number of halogens is 1. The SMILES string of the molecule is Cc1nc2c([N+](=O)[O-])c[nH]n2c(=O)c1Cc1cccnc1.Cl. The van der Waals surface area contributed by atoms with Gasteiger partial charge in [-0.15, -0.1) is 12.4 Å². The first-order valence-electron chi connectivity index (χ1n) is 6.21. The Bertz CT molecular complexity index is 888. The Labute approximate surface area is 130 Å². The molecule has 0 amide bonds. The second-order valence-corrected chi connectivity index (χ2v) is 4.59. The maximum Gasteiger partial charge on any atom is 0.331 e. The van der Waals surface area contributed by atoms with Crippen LogP contribution in [0.25, 0.3) is 5.65 Å². The van der Waals surface area contributed by atoms with Crippen molar-refractivity contribution in [2.24, 2.45) is 0 Å². The lowest BCUT2D eigenvalue weighted by Crippen LogP contribution is -2.22. The molecule has 0 saturated carbocycles. The molecule has 0 radical (unpaired) electrons. The summed E-state index contributed by atoms with van der Waals surface area (Å²) in [5.41, 5.74) is 1.30. The number of aryl methyl sites for hydroxylation is 1. The number of fused-ring (bicyclic) bond motifs is 1. The summed E-state index contributed by atoms with van der Waals surface area (Å²) in [6, 6.07) is 3.64. The van der Waals surface area contributed by atoms with Gasteiger partial charge >= 0.3 is 5.69 Å². The smallest absolute Gasteiger partial charge is 0.290 e. The Morgan fingerprint density at radius 3 is 2.86 bits per heavy atom. The molecular formula is C13H12ClN5O3. The van der Waals surface area contributed by atoms with Crippen LogP contribution in [0.3, 0.4) is 0 Å². The van der Waals surface area contributed by atoms with E-state index in [2.05, 4.69) is 15.1 Å². The van der Waals surface area contributed by atoms with Gasteiger partial charge in [0.1, 0.15) is 6.20 Å². The summed E-state index contributed by atoms with van der Waals surface area (Å²) < 4.78 is 1.09. The highest BCUT2D eigenvalue weighted by Gasteiger charge is 2.20. The predicted octanol–water partition coefficient (Wildman–Crippen LogP) is 1.65. The van der Waals surface area contributed by atoms with Gasteiger partial charge in [0.05, 0.1) is 4.92 Å². The number of nitro groups is 1. The topological polar surface area (TPSA) is 106 Å². The molecule has 0 aliphatic heterocycles. The molecule has 3 rings (SSSR count). The summed E-state index contributed by atoms with van der Waals surface area (Å²) >= 11 is 0. The van der Waals surface area contributed by atoms with Crippen molar-refractivity contribution < 1.29 is 4.92 Å². The fourth-order valence-electron chi connectivity index (χ4n) is 2.19. The fourth-order valence-corrected chi connectivity index (χ4v) is 2.19. The number of rotatable bonds is 3. The first-order valence-corrected chi connectivity index (χ1v) is 6.21. The van der Waals surface area contributed by atoms with E-state index in [9.17, 15) is 14.9 Å². The highest BCUT2D eigenvalue weighted by Crippen LogP contribution is 2.17. The first-order chi connectivity index (χ1) is 10.1. The third kappa shape index (κ3) is 2.56. The van der Waals surface area contributed by atoms with E-state index in [4.69, 9.17) is 0 Å². The minimum atomic E-state index is -0.571. The Hall–Kier alpha value is -2.74. The molecular weight excluding hydrogens is 310 g/mol. The van der Waals surface area contributed by atoms with Crippen LogP contribution in [0.1, 0.15) is 16.8 Å². The van der Waals surface area contributed by atoms with Crippen LogP contribution in [0.2, 0.25) is 0 Å². The van der Waals surface area contributed by atoms with E-state index < -0.39 is 4.92 Å². The van der Waals surface area contributed by atoms with Crippen LogP contribution < -0.4 is 5.56 Å². The maximum absolute atomic E-state index is 12.4. The van der Waals surface area contributed by atoms with Crippen LogP contribution in [-0.4, -0.2) is 24.5 Å². The number of pyridine rings is 1. The molecule has 0 saturated heterocycles. The lowest BCUT2D eigenvalue weighted by molar-refractivity contribution is -0.383. The van der Waals surface area contributed by atoms with Gasteiger partial charge in [0.2, 0.25) is 5.65 Å². The largest absolute Gasteiger partial charge is 0.331 e. The quantitative estimate of drug-likeness (QED) is 0.583. The molecule has 0 aliphatic rings. The molecule has 0 aliphatic carbocycles. The highest BCUT2D eigenvalue weighted by molar-refractivity contribution is 5.85. The van der Waals surface area contributed by atoms with Crippen LogP contribution in [-0.2, 0) is 6.42 Å². The predicted molar refractivity (Wildman–Crippen MR) is 81.5 cm³/mol. The van der Waals surface area contributed by atoms with Crippen LogP contribution in [0.5, 0.6) is 0 Å². The number of aromatic nitrogens is 4. The van der Waals surface area contributed by atoms with E-state index >= 15 is 0 Å². The normalized spacial score (nSPS) is 10.4. The van der Waals surface area contributed by atoms with Gasteiger partial charge < -0.3 is 0 Å². The summed E-state index contributed by atoms with van der Waals surface area (Å²) in [5, 5.41) is 13.5. The Morgan fingerprint density at radius 1 is 1.45 bits per heavy atom. The Morgan fingerprint density at radius 2 is 2.23 bits per heavy atom. The van der Waals surface area contributed by atoms with Crippen LogP contribution in [0.4, 0.5) is 5.69 Å². The molecule has 9 heteroatoms. The molecule has 0 aromatic carbocycles. The molecule has 3 aromatic rings. The lowest BCUT2D eigenvalue weighted by atomic mass is 10.1. The standard InChI is InChI=1S/C13H11N5O3.ClH/c1-8-10(5-9-3-2-4-14-6-9)13(19)17-12(16-8)11(7-15-17)18(20)21;/h2-4,6-7,15H,5H2,1H3;1H. The van der Waals surface area contributed by atoms with Gasteiger partial charge in [-0.1, -0.05) is 6.07 Å². The van der Waals surface area contributed by atoms with Crippen molar-refractivity contribution in [2.75, 3.05) is 0 Å². The minimum absolute atomic E-state index is 0. The lowest BCUT2D eigenvalue weighted by Gasteiger charge is -2.05. The van der Waals surface area contributed by atoms with Crippen molar-refractivity contribution in [1.82, 2.24) is 19.6 Å².